The lowest BCUT2D eigenvalue weighted by atomic mass is 9.95. The van der Waals surface area contributed by atoms with Crippen molar-refractivity contribution in [2.45, 2.75) is 37.6 Å². The van der Waals surface area contributed by atoms with Crippen LogP contribution in [0, 0.1) is 5.82 Å². The maximum atomic E-state index is 16.4. The summed E-state index contributed by atoms with van der Waals surface area (Å²) >= 11 is 0. The Hall–Kier alpha value is -3.56. The van der Waals surface area contributed by atoms with Crippen LogP contribution >= 0.6 is 0 Å². The highest BCUT2D eigenvalue weighted by atomic mass is 19.1. The van der Waals surface area contributed by atoms with Gasteiger partial charge in [0.15, 0.2) is 5.82 Å². The summed E-state index contributed by atoms with van der Waals surface area (Å²) in [5, 5.41) is 12.5. The van der Waals surface area contributed by atoms with E-state index in [0.29, 0.717) is 43.1 Å². The number of hydrogen-bond acceptors (Lipinski definition) is 8. The molecule has 0 atom stereocenters. The molecule has 5 heterocycles. The molecule has 0 bridgehead atoms. The molecule has 0 saturated carbocycles. The third kappa shape index (κ3) is 4.33. The van der Waals surface area contributed by atoms with Crippen molar-refractivity contribution in [3.63, 3.8) is 0 Å². The summed E-state index contributed by atoms with van der Waals surface area (Å²) in [6, 6.07) is 11.0. The summed E-state index contributed by atoms with van der Waals surface area (Å²) in [5.41, 5.74) is 0.852. The van der Waals surface area contributed by atoms with Gasteiger partial charge in [-0.2, -0.15) is 9.97 Å². The van der Waals surface area contributed by atoms with E-state index in [4.69, 9.17) is 14.5 Å². The molecule has 8 nitrogen and oxygen atoms in total. The first-order valence-corrected chi connectivity index (χ1v) is 13.9. The first-order valence-electron chi connectivity index (χ1n) is 13.9. The minimum Gasteiger partial charge on any atom is -0.508 e. The molecule has 3 saturated heterocycles. The van der Waals surface area contributed by atoms with Gasteiger partial charge in [0, 0.05) is 31.5 Å². The number of phenolic OH excluding ortho intramolecular Hbond substituents is 1. The van der Waals surface area contributed by atoms with Gasteiger partial charge in [-0.3, -0.25) is 9.88 Å². The van der Waals surface area contributed by atoms with Gasteiger partial charge in [-0.25, -0.2) is 4.39 Å². The number of halogens is 1. The lowest BCUT2D eigenvalue weighted by Crippen LogP contribution is -2.43. The number of aromatic nitrogens is 3. The Balaban J connectivity index is 1.35. The van der Waals surface area contributed by atoms with Crippen LogP contribution in [-0.2, 0) is 4.74 Å². The van der Waals surface area contributed by atoms with Crippen LogP contribution in [0.5, 0.6) is 11.8 Å². The van der Waals surface area contributed by atoms with Crippen molar-refractivity contribution in [1.29, 1.82) is 0 Å². The molecule has 39 heavy (non-hydrogen) atoms. The fourth-order valence-corrected chi connectivity index (χ4v) is 6.62. The molecule has 2 aromatic carbocycles. The third-order valence-electron chi connectivity index (χ3n) is 8.55. The first kappa shape index (κ1) is 24.5. The number of hydrogen-bond donors (Lipinski definition) is 1. The van der Waals surface area contributed by atoms with Crippen molar-refractivity contribution < 1.29 is 19.0 Å². The van der Waals surface area contributed by atoms with Crippen LogP contribution in [0.3, 0.4) is 0 Å². The van der Waals surface area contributed by atoms with Crippen LogP contribution in [0.1, 0.15) is 32.1 Å². The minimum atomic E-state index is -0.552. The maximum absolute atomic E-state index is 16.4. The second-order valence-corrected chi connectivity index (χ2v) is 10.9. The number of pyridine rings is 1. The molecule has 9 heteroatoms. The van der Waals surface area contributed by atoms with E-state index in [2.05, 4.69) is 19.8 Å². The van der Waals surface area contributed by atoms with E-state index in [-0.39, 0.29) is 28.5 Å². The van der Waals surface area contributed by atoms with Crippen molar-refractivity contribution in [2.75, 3.05) is 50.9 Å². The van der Waals surface area contributed by atoms with E-state index >= 15 is 4.39 Å². The van der Waals surface area contributed by atoms with E-state index in [1.54, 1.807) is 18.3 Å². The zero-order chi connectivity index (χ0) is 26.4. The molecule has 0 spiro atoms. The number of aromatic hydroxyl groups is 1. The Morgan fingerprint density at radius 2 is 1.82 bits per heavy atom. The van der Waals surface area contributed by atoms with E-state index in [0.717, 1.165) is 49.7 Å². The lowest BCUT2D eigenvalue weighted by Gasteiger charge is -2.31. The maximum Gasteiger partial charge on any atom is 0.319 e. The molecule has 0 radical (unpaired) electrons. The summed E-state index contributed by atoms with van der Waals surface area (Å²) in [4.78, 5) is 18.6. The predicted molar refractivity (Wildman–Crippen MR) is 148 cm³/mol. The molecule has 7 rings (SSSR count). The van der Waals surface area contributed by atoms with Crippen molar-refractivity contribution in [3.05, 3.63) is 48.4 Å². The molecule has 3 fully saturated rings. The second-order valence-electron chi connectivity index (χ2n) is 10.9. The van der Waals surface area contributed by atoms with Gasteiger partial charge in [-0.1, -0.05) is 24.3 Å². The van der Waals surface area contributed by atoms with Crippen LogP contribution in [0.15, 0.2) is 42.6 Å². The molecule has 4 aromatic rings. The van der Waals surface area contributed by atoms with Crippen LogP contribution in [0.2, 0.25) is 0 Å². The Morgan fingerprint density at radius 3 is 2.69 bits per heavy atom. The Morgan fingerprint density at radius 1 is 0.974 bits per heavy atom. The molecule has 0 amide bonds. The molecule has 2 aromatic heterocycles. The van der Waals surface area contributed by atoms with Crippen LogP contribution < -0.4 is 9.64 Å². The Kier molecular flexibility index (Phi) is 6.20. The normalized spacial score (nSPS) is 19.5. The lowest BCUT2D eigenvalue weighted by molar-refractivity contribution is 0.108. The van der Waals surface area contributed by atoms with E-state index in [9.17, 15) is 5.11 Å². The standard InChI is InChI=1S/C30H32FN5O3/c31-25-26(23-17-21(37)16-20-6-1-2-7-22(20)23)32-18-24-27(25)33-29(34-28(24)35-10-5-14-38-15-13-35)39-19-30-8-3-11-36(30)12-4-9-30/h1-2,6-7,16-18,37H,3-5,8-15,19H2. The van der Waals surface area contributed by atoms with Gasteiger partial charge in [-0.15, -0.1) is 0 Å². The van der Waals surface area contributed by atoms with Gasteiger partial charge in [0.05, 0.1) is 17.5 Å². The fraction of sp³-hybridized carbons (Fsp3) is 0.433. The molecular weight excluding hydrogens is 497 g/mol. The van der Waals surface area contributed by atoms with Gasteiger partial charge in [0.25, 0.3) is 0 Å². The molecule has 202 valence electrons. The highest BCUT2D eigenvalue weighted by Gasteiger charge is 2.45. The van der Waals surface area contributed by atoms with Crippen molar-refractivity contribution >= 4 is 27.5 Å². The predicted octanol–water partition coefficient (Wildman–Crippen LogP) is 4.92. The van der Waals surface area contributed by atoms with Gasteiger partial charge in [-0.05, 0) is 68.1 Å². The third-order valence-corrected chi connectivity index (χ3v) is 8.55. The summed E-state index contributed by atoms with van der Waals surface area (Å²) < 4.78 is 28.4. The SMILES string of the molecule is Oc1cc(-c2ncc3c(N4CCCOCC4)nc(OCC45CCCN4CCC5)nc3c2F)c2ccccc2c1. The largest absolute Gasteiger partial charge is 0.508 e. The molecule has 0 unspecified atom stereocenters. The number of ether oxygens (including phenoxy) is 2. The number of nitrogens with zero attached hydrogens (tertiary/aromatic N) is 5. The molecule has 0 aliphatic carbocycles. The highest BCUT2D eigenvalue weighted by Crippen LogP contribution is 2.40. The molecule has 3 aliphatic rings. The van der Waals surface area contributed by atoms with Crippen LogP contribution in [0.4, 0.5) is 10.2 Å². The Labute approximate surface area is 226 Å². The summed E-state index contributed by atoms with van der Waals surface area (Å²) in [7, 11) is 0. The average molecular weight is 530 g/mol. The minimum absolute atomic E-state index is 0.0252. The van der Waals surface area contributed by atoms with Crippen molar-refractivity contribution in [2.24, 2.45) is 0 Å². The number of anilines is 1. The van der Waals surface area contributed by atoms with Crippen molar-refractivity contribution in [3.8, 4) is 23.0 Å². The second kappa shape index (κ2) is 9.88. The first-order chi connectivity index (χ1) is 19.1. The van der Waals surface area contributed by atoms with Gasteiger partial charge < -0.3 is 19.5 Å². The summed E-state index contributed by atoms with van der Waals surface area (Å²) in [6.07, 6.45) is 7.04. The molecule has 3 aliphatic heterocycles. The Bertz CT molecular complexity index is 1530. The molecule has 1 N–H and O–H groups in total. The van der Waals surface area contributed by atoms with Crippen LogP contribution in [0.25, 0.3) is 32.9 Å². The fourth-order valence-electron chi connectivity index (χ4n) is 6.62. The quantitative estimate of drug-likeness (QED) is 0.390. The highest BCUT2D eigenvalue weighted by molar-refractivity contribution is 5.99. The number of benzene rings is 2. The average Bonchev–Trinajstić information content (AvgIpc) is 3.41. The van der Waals surface area contributed by atoms with Crippen LogP contribution in [-0.4, -0.2) is 76.5 Å². The van der Waals surface area contributed by atoms with Crippen molar-refractivity contribution in [1.82, 2.24) is 19.9 Å². The zero-order valence-corrected chi connectivity index (χ0v) is 21.9. The smallest absolute Gasteiger partial charge is 0.319 e. The zero-order valence-electron chi connectivity index (χ0n) is 21.9. The number of phenols is 1. The van der Waals surface area contributed by atoms with E-state index in [1.165, 1.54) is 12.8 Å². The summed E-state index contributed by atoms with van der Waals surface area (Å²) in [6.45, 7) is 5.34. The van der Waals surface area contributed by atoms with Gasteiger partial charge in [0.1, 0.15) is 29.4 Å². The topological polar surface area (TPSA) is 83.8 Å². The molecular formula is C30H32FN5O3. The monoisotopic (exact) mass is 529 g/mol. The van der Waals surface area contributed by atoms with Gasteiger partial charge >= 0.3 is 6.01 Å². The van der Waals surface area contributed by atoms with Gasteiger partial charge in [0.2, 0.25) is 0 Å². The van der Waals surface area contributed by atoms with E-state index in [1.807, 2.05) is 24.3 Å². The number of fused-ring (bicyclic) bond motifs is 3. The van der Waals surface area contributed by atoms with E-state index < -0.39 is 5.82 Å². The summed E-state index contributed by atoms with van der Waals surface area (Å²) in [5.74, 6) is 0.120. The number of rotatable bonds is 5.